The quantitative estimate of drug-likeness (QED) is 0.428. The molecule has 2 aromatic heterocycles. The number of nitrogens with zero attached hydrogens (tertiary/aromatic N) is 1. The van der Waals surface area contributed by atoms with Crippen LogP contribution in [0.15, 0.2) is 59.5 Å². The van der Waals surface area contributed by atoms with Crippen molar-refractivity contribution in [2.75, 3.05) is 0 Å². The lowest BCUT2D eigenvalue weighted by atomic mass is 9.95. The number of pyridine rings is 1. The van der Waals surface area contributed by atoms with Crippen LogP contribution in [0.25, 0.3) is 32.6 Å². The van der Waals surface area contributed by atoms with Gasteiger partial charge in [0.1, 0.15) is 5.82 Å². The van der Waals surface area contributed by atoms with Crippen molar-refractivity contribution in [1.82, 2.24) is 15.0 Å². The Balaban J connectivity index is 1.98. The molecule has 132 valence electrons. The summed E-state index contributed by atoms with van der Waals surface area (Å²) in [6.45, 7) is 0. The van der Waals surface area contributed by atoms with Crippen molar-refractivity contribution in [3.63, 3.8) is 0 Å². The fourth-order valence-corrected chi connectivity index (χ4v) is 3.90. The normalized spacial score (nSPS) is 11.6. The monoisotopic (exact) mass is 377 g/mol. The van der Waals surface area contributed by atoms with Gasteiger partial charge in [-0.2, -0.15) is 0 Å². The van der Waals surface area contributed by atoms with Crippen LogP contribution in [0.3, 0.4) is 0 Å². The van der Waals surface area contributed by atoms with E-state index in [4.69, 9.17) is 11.6 Å². The van der Waals surface area contributed by atoms with Crippen molar-refractivity contribution in [3.05, 3.63) is 87.3 Å². The molecule has 0 bridgehead atoms. The van der Waals surface area contributed by atoms with Gasteiger partial charge in [-0.3, -0.25) is 4.79 Å². The third-order valence-corrected chi connectivity index (χ3v) is 5.02. The van der Waals surface area contributed by atoms with Gasteiger partial charge in [-0.05, 0) is 47.3 Å². The molecule has 0 aliphatic rings. The van der Waals surface area contributed by atoms with Crippen molar-refractivity contribution >= 4 is 44.2 Å². The minimum Gasteiger partial charge on any atom is -0.328 e. The highest BCUT2D eigenvalue weighted by Gasteiger charge is 2.18. The van der Waals surface area contributed by atoms with Crippen molar-refractivity contribution in [2.45, 2.75) is 6.42 Å². The van der Waals surface area contributed by atoms with E-state index < -0.39 is 5.82 Å². The van der Waals surface area contributed by atoms with Gasteiger partial charge in [0.2, 0.25) is 5.28 Å². The van der Waals surface area contributed by atoms with E-state index in [-0.39, 0.29) is 10.8 Å². The molecule has 2 N–H and O–H groups in total. The predicted molar refractivity (Wildman–Crippen MR) is 106 cm³/mol. The number of rotatable bonds is 2. The van der Waals surface area contributed by atoms with E-state index in [1.807, 2.05) is 30.3 Å². The SMILES string of the molecule is O=c1[nH]cc(Cc2ccccc2)c2c3[nH]c(Cl)nc3c3ccc(F)cc3c12. The summed E-state index contributed by atoms with van der Waals surface area (Å²) >= 11 is 6.14. The van der Waals surface area contributed by atoms with Crippen LogP contribution in [0.2, 0.25) is 5.28 Å². The van der Waals surface area contributed by atoms with E-state index in [0.29, 0.717) is 33.6 Å². The van der Waals surface area contributed by atoms with Gasteiger partial charge in [0.25, 0.3) is 5.56 Å². The van der Waals surface area contributed by atoms with Crippen LogP contribution >= 0.6 is 11.6 Å². The van der Waals surface area contributed by atoms with Crippen LogP contribution in [0, 0.1) is 5.82 Å². The van der Waals surface area contributed by atoms with Crippen LogP contribution in [0.4, 0.5) is 4.39 Å². The molecule has 5 aromatic rings. The lowest BCUT2D eigenvalue weighted by Gasteiger charge is -2.11. The van der Waals surface area contributed by atoms with E-state index in [2.05, 4.69) is 15.0 Å². The van der Waals surface area contributed by atoms with Gasteiger partial charge in [-0.15, -0.1) is 0 Å². The minimum atomic E-state index is -0.405. The van der Waals surface area contributed by atoms with Crippen LogP contribution < -0.4 is 5.56 Å². The summed E-state index contributed by atoms with van der Waals surface area (Å²) < 4.78 is 14.0. The predicted octanol–water partition coefficient (Wildman–Crippen LogP) is 4.94. The molecule has 0 aliphatic heterocycles. The first-order valence-electron chi connectivity index (χ1n) is 8.46. The Morgan fingerprint density at radius 1 is 1.04 bits per heavy atom. The average Bonchev–Trinajstić information content (AvgIpc) is 3.05. The highest BCUT2D eigenvalue weighted by Crippen LogP contribution is 2.35. The standard InChI is InChI=1S/C21H13ClFN3O/c22-21-25-18-14-7-6-13(23)9-15(14)17-16(19(18)26-21)12(10-24-20(17)27)8-11-4-2-1-3-5-11/h1-7,9-10H,8H2,(H,24,27)(H,25,26). The summed E-state index contributed by atoms with van der Waals surface area (Å²) in [5.41, 5.74) is 3.05. The summed E-state index contributed by atoms with van der Waals surface area (Å²) in [6, 6.07) is 14.3. The zero-order valence-corrected chi connectivity index (χ0v) is 14.8. The smallest absolute Gasteiger partial charge is 0.256 e. The third kappa shape index (κ3) is 2.51. The fraction of sp³-hybridized carbons (Fsp3) is 0.0476. The molecule has 0 atom stereocenters. The van der Waals surface area contributed by atoms with Crippen LogP contribution in [-0.2, 0) is 6.42 Å². The molecule has 0 amide bonds. The molecule has 0 radical (unpaired) electrons. The molecule has 3 aromatic carbocycles. The van der Waals surface area contributed by atoms with Crippen molar-refractivity contribution in [2.24, 2.45) is 0 Å². The molecule has 27 heavy (non-hydrogen) atoms. The average molecular weight is 378 g/mol. The van der Waals surface area contributed by atoms with Gasteiger partial charge in [0.15, 0.2) is 0 Å². The van der Waals surface area contributed by atoms with Gasteiger partial charge in [0, 0.05) is 22.4 Å². The first kappa shape index (κ1) is 16.0. The molecule has 0 aliphatic carbocycles. The van der Waals surface area contributed by atoms with Gasteiger partial charge in [0.05, 0.1) is 16.4 Å². The topological polar surface area (TPSA) is 61.5 Å². The number of nitrogens with one attached hydrogen (secondary N) is 2. The number of aromatic amines is 2. The summed E-state index contributed by atoms with van der Waals surface area (Å²) in [6.07, 6.45) is 2.32. The Kier molecular flexibility index (Phi) is 3.52. The number of fused-ring (bicyclic) bond motifs is 6. The maximum atomic E-state index is 14.0. The minimum absolute atomic E-state index is 0.231. The van der Waals surface area contributed by atoms with E-state index in [0.717, 1.165) is 16.5 Å². The molecule has 5 rings (SSSR count). The summed E-state index contributed by atoms with van der Waals surface area (Å²) in [5.74, 6) is -0.405. The largest absolute Gasteiger partial charge is 0.328 e. The zero-order chi connectivity index (χ0) is 18.5. The van der Waals surface area contributed by atoms with Gasteiger partial charge in [-0.25, -0.2) is 9.37 Å². The molecule has 0 unspecified atom stereocenters. The molecule has 0 fully saturated rings. The summed E-state index contributed by atoms with van der Waals surface area (Å²) in [5, 5.41) is 2.59. The Morgan fingerprint density at radius 3 is 2.67 bits per heavy atom. The van der Waals surface area contributed by atoms with Crippen LogP contribution in [-0.4, -0.2) is 15.0 Å². The highest BCUT2D eigenvalue weighted by molar-refractivity contribution is 6.31. The Hall–Kier alpha value is -3.18. The summed E-state index contributed by atoms with van der Waals surface area (Å²) in [7, 11) is 0. The number of hydrogen-bond acceptors (Lipinski definition) is 2. The molecule has 0 saturated heterocycles. The Bertz CT molecular complexity index is 1390. The Morgan fingerprint density at radius 2 is 1.85 bits per heavy atom. The fourth-order valence-electron chi connectivity index (χ4n) is 3.72. The molecule has 4 nitrogen and oxygen atoms in total. The molecule has 2 heterocycles. The molecule has 6 heteroatoms. The van der Waals surface area contributed by atoms with Gasteiger partial charge >= 0.3 is 0 Å². The molecule has 0 saturated carbocycles. The molecular weight excluding hydrogens is 365 g/mol. The maximum absolute atomic E-state index is 14.0. The highest BCUT2D eigenvalue weighted by atomic mass is 35.5. The van der Waals surface area contributed by atoms with Crippen molar-refractivity contribution in [1.29, 1.82) is 0 Å². The number of benzene rings is 3. The van der Waals surface area contributed by atoms with Crippen molar-refractivity contribution in [3.8, 4) is 0 Å². The lowest BCUT2D eigenvalue weighted by molar-refractivity contribution is 0.630. The van der Waals surface area contributed by atoms with E-state index >= 15 is 0 Å². The van der Waals surface area contributed by atoms with E-state index in [1.54, 1.807) is 12.3 Å². The lowest BCUT2D eigenvalue weighted by Crippen LogP contribution is -2.09. The van der Waals surface area contributed by atoms with Crippen LogP contribution in [0.5, 0.6) is 0 Å². The second-order valence-electron chi connectivity index (χ2n) is 6.50. The molecule has 0 spiro atoms. The number of imidazole rings is 1. The number of aromatic nitrogens is 3. The Labute approximate surface area is 157 Å². The first-order valence-corrected chi connectivity index (χ1v) is 8.84. The van der Waals surface area contributed by atoms with Crippen LogP contribution in [0.1, 0.15) is 11.1 Å². The number of halogens is 2. The van der Waals surface area contributed by atoms with Crippen molar-refractivity contribution < 1.29 is 4.39 Å². The van der Waals surface area contributed by atoms with E-state index in [9.17, 15) is 9.18 Å². The first-order chi connectivity index (χ1) is 13.1. The van der Waals surface area contributed by atoms with Gasteiger partial charge < -0.3 is 9.97 Å². The zero-order valence-electron chi connectivity index (χ0n) is 14.0. The van der Waals surface area contributed by atoms with Gasteiger partial charge in [-0.1, -0.05) is 30.3 Å². The summed E-state index contributed by atoms with van der Waals surface area (Å²) in [4.78, 5) is 23.0. The second-order valence-corrected chi connectivity index (χ2v) is 6.85. The second kappa shape index (κ2) is 5.93. The maximum Gasteiger partial charge on any atom is 0.256 e. The number of hydrogen-bond donors (Lipinski definition) is 2. The third-order valence-electron chi connectivity index (χ3n) is 4.84. The number of H-pyrrole nitrogens is 2. The van der Waals surface area contributed by atoms with E-state index in [1.165, 1.54) is 12.1 Å². The molecular formula is C21H13ClFN3O.